The fourth-order valence-corrected chi connectivity index (χ4v) is 10.4. The normalized spacial score (nSPS) is 12.5. The molecule has 0 aromatic heterocycles. The third-order valence-electron chi connectivity index (χ3n) is 15.7. The molecule has 81 heavy (non-hydrogen) atoms. The molecular formula is C75H134O6. The van der Waals surface area contributed by atoms with Gasteiger partial charge in [-0.3, -0.25) is 14.4 Å². The average Bonchev–Trinajstić information content (AvgIpc) is 3.47. The Labute approximate surface area is 503 Å². The first-order valence-corrected chi connectivity index (χ1v) is 35.4. The van der Waals surface area contributed by atoms with Crippen LogP contribution in [0.25, 0.3) is 0 Å². The lowest BCUT2D eigenvalue weighted by Gasteiger charge is -2.18. The van der Waals surface area contributed by atoms with Crippen molar-refractivity contribution in [1.82, 2.24) is 0 Å². The molecular weight excluding hydrogens is 997 g/mol. The Hall–Kier alpha value is -3.15. The first kappa shape index (κ1) is 77.9. The number of rotatable bonds is 65. The lowest BCUT2D eigenvalue weighted by atomic mass is 10.0. The fourth-order valence-electron chi connectivity index (χ4n) is 10.4. The summed E-state index contributed by atoms with van der Waals surface area (Å²) in [5.74, 6) is -0.872. The molecule has 0 saturated heterocycles. The molecule has 0 heterocycles. The van der Waals surface area contributed by atoms with E-state index in [9.17, 15) is 14.4 Å². The zero-order chi connectivity index (χ0) is 58.5. The molecule has 1 unspecified atom stereocenters. The van der Waals surface area contributed by atoms with E-state index in [4.69, 9.17) is 14.2 Å². The van der Waals surface area contributed by atoms with Crippen LogP contribution in [0.2, 0.25) is 0 Å². The molecule has 6 nitrogen and oxygen atoms in total. The van der Waals surface area contributed by atoms with Gasteiger partial charge in [-0.1, -0.05) is 312 Å². The maximum Gasteiger partial charge on any atom is 0.306 e. The van der Waals surface area contributed by atoms with Gasteiger partial charge in [-0.15, -0.1) is 0 Å². The summed E-state index contributed by atoms with van der Waals surface area (Å²) >= 11 is 0. The first-order chi connectivity index (χ1) is 40.0. The molecule has 0 radical (unpaired) electrons. The van der Waals surface area contributed by atoms with Gasteiger partial charge in [-0.05, 0) is 109 Å². The monoisotopic (exact) mass is 1130 g/mol. The number of allylic oxidation sites excluding steroid dienone is 12. The van der Waals surface area contributed by atoms with Crippen molar-refractivity contribution in [2.24, 2.45) is 0 Å². The molecule has 0 rings (SSSR count). The maximum absolute atomic E-state index is 12.9. The molecule has 6 heteroatoms. The lowest BCUT2D eigenvalue weighted by molar-refractivity contribution is -0.167. The topological polar surface area (TPSA) is 78.9 Å². The predicted molar refractivity (Wildman–Crippen MR) is 353 cm³/mol. The standard InChI is InChI=1S/C75H134O6/c1-4-7-10-13-16-19-22-25-28-30-31-32-33-34-35-36-37-38-39-40-41-42-43-44-45-46-48-50-53-56-59-62-65-68-74(77)80-71-72(70-79-73(76)67-64-61-58-55-52-49-27-24-21-18-15-12-9-6-3)81-75(78)69-66-63-60-57-54-51-47-29-26-23-20-17-14-11-8-5-2/h7,10,16,19,24-25,27-29,31-32,47,72H,4-6,8-9,11-15,17-18,20-23,26,30,33-46,48-71H2,1-3H3/b10-7-,19-16-,27-24-,28-25-,32-31-,47-29-. The van der Waals surface area contributed by atoms with Crippen LogP contribution in [-0.4, -0.2) is 37.2 Å². The number of hydrogen-bond donors (Lipinski definition) is 0. The third kappa shape index (κ3) is 67.5. The van der Waals surface area contributed by atoms with Crippen molar-refractivity contribution in [1.29, 1.82) is 0 Å². The molecule has 0 aromatic carbocycles. The Kier molecular flexibility index (Phi) is 66.6. The van der Waals surface area contributed by atoms with E-state index in [0.717, 1.165) is 96.3 Å². The van der Waals surface area contributed by atoms with Gasteiger partial charge in [0.15, 0.2) is 6.10 Å². The Balaban J connectivity index is 4.15. The number of unbranched alkanes of at least 4 members (excludes halogenated alkanes) is 42. The Morgan fingerprint density at radius 2 is 0.481 bits per heavy atom. The second-order valence-corrected chi connectivity index (χ2v) is 23.8. The molecule has 1 atom stereocenters. The predicted octanol–water partition coefficient (Wildman–Crippen LogP) is 24.4. The summed E-state index contributed by atoms with van der Waals surface area (Å²) in [6.45, 7) is 6.55. The van der Waals surface area contributed by atoms with Crippen LogP contribution in [0.15, 0.2) is 72.9 Å². The van der Waals surface area contributed by atoms with E-state index in [1.165, 1.54) is 231 Å². The summed E-state index contributed by atoms with van der Waals surface area (Å²) in [5.41, 5.74) is 0. The summed E-state index contributed by atoms with van der Waals surface area (Å²) in [6.07, 6.45) is 90.8. The summed E-state index contributed by atoms with van der Waals surface area (Å²) in [5, 5.41) is 0. The van der Waals surface area contributed by atoms with Crippen LogP contribution < -0.4 is 0 Å². The van der Waals surface area contributed by atoms with Crippen LogP contribution in [0.1, 0.15) is 367 Å². The van der Waals surface area contributed by atoms with Crippen LogP contribution >= 0.6 is 0 Å². The average molecular weight is 1130 g/mol. The van der Waals surface area contributed by atoms with Gasteiger partial charge in [0.25, 0.3) is 0 Å². The van der Waals surface area contributed by atoms with Gasteiger partial charge in [0.2, 0.25) is 0 Å². The molecule has 0 fully saturated rings. The van der Waals surface area contributed by atoms with Crippen LogP contribution in [0.3, 0.4) is 0 Å². The lowest BCUT2D eigenvalue weighted by Crippen LogP contribution is -2.30. The summed E-state index contributed by atoms with van der Waals surface area (Å²) in [6, 6.07) is 0. The van der Waals surface area contributed by atoms with E-state index >= 15 is 0 Å². The van der Waals surface area contributed by atoms with Crippen LogP contribution in [0, 0.1) is 0 Å². The Morgan fingerprint density at radius 3 is 0.765 bits per heavy atom. The van der Waals surface area contributed by atoms with Crippen molar-refractivity contribution in [2.45, 2.75) is 374 Å². The van der Waals surface area contributed by atoms with E-state index in [0.29, 0.717) is 19.3 Å². The Morgan fingerprint density at radius 1 is 0.259 bits per heavy atom. The second-order valence-electron chi connectivity index (χ2n) is 23.8. The maximum atomic E-state index is 12.9. The summed E-state index contributed by atoms with van der Waals surface area (Å²) in [4.78, 5) is 38.4. The minimum absolute atomic E-state index is 0.0765. The number of esters is 3. The number of hydrogen-bond acceptors (Lipinski definition) is 6. The molecule has 0 aliphatic rings. The summed E-state index contributed by atoms with van der Waals surface area (Å²) < 4.78 is 17.0. The molecule has 0 amide bonds. The molecule has 0 bridgehead atoms. The molecule has 0 aliphatic heterocycles. The highest BCUT2D eigenvalue weighted by Gasteiger charge is 2.19. The highest BCUT2D eigenvalue weighted by atomic mass is 16.6. The van der Waals surface area contributed by atoms with Crippen LogP contribution in [0.5, 0.6) is 0 Å². The smallest absolute Gasteiger partial charge is 0.306 e. The van der Waals surface area contributed by atoms with Crippen LogP contribution in [-0.2, 0) is 28.6 Å². The molecule has 0 aromatic rings. The second kappa shape index (κ2) is 69.3. The van der Waals surface area contributed by atoms with Crippen LogP contribution in [0.4, 0.5) is 0 Å². The van der Waals surface area contributed by atoms with Gasteiger partial charge in [-0.25, -0.2) is 0 Å². The van der Waals surface area contributed by atoms with Gasteiger partial charge < -0.3 is 14.2 Å². The van der Waals surface area contributed by atoms with E-state index in [1.807, 2.05) is 0 Å². The van der Waals surface area contributed by atoms with Gasteiger partial charge in [-0.2, -0.15) is 0 Å². The van der Waals surface area contributed by atoms with Crippen molar-refractivity contribution in [2.75, 3.05) is 13.2 Å². The zero-order valence-electron chi connectivity index (χ0n) is 54.1. The number of carbonyl (C=O) groups is 3. The van der Waals surface area contributed by atoms with Crippen molar-refractivity contribution in [3.8, 4) is 0 Å². The highest BCUT2D eigenvalue weighted by molar-refractivity contribution is 5.71. The minimum Gasteiger partial charge on any atom is -0.462 e. The van der Waals surface area contributed by atoms with E-state index in [2.05, 4.69) is 93.7 Å². The van der Waals surface area contributed by atoms with E-state index < -0.39 is 6.10 Å². The largest absolute Gasteiger partial charge is 0.462 e. The van der Waals surface area contributed by atoms with E-state index in [-0.39, 0.29) is 31.1 Å². The number of carbonyl (C=O) groups excluding carboxylic acids is 3. The third-order valence-corrected chi connectivity index (χ3v) is 15.7. The molecule has 470 valence electrons. The summed E-state index contributed by atoms with van der Waals surface area (Å²) in [7, 11) is 0. The van der Waals surface area contributed by atoms with E-state index in [1.54, 1.807) is 0 Å². The zero-order valence-corrected chi connectivity index (χ0v) is 54.1. The van der Waals surface area contributed by atoms with Crippen molar-refractivity contribution < 1.29 is 28.6 Å². The number of ether oxygens (including phenoxy) is 3. The molecule has 0 N–H and O–H groups in total. The molecule has 0 saturated carbocycles. The Bertz CT molecular complexity index is 1490. The van der Waals surface area contributed by atoms with Gasteiger partial charge in [0.1, 0.15) is 13.2 Å². The first-order valence-electron chi connectivity index (χ1n) is 35.4. The van der Waals surface area contributed by atoms with Gasteiger partial charge >= 0.3 is 17.9 Å². The van der Waals surface area contributed by atoms with Crippen molar-refractivity contribution in [3.05, 3.63) is 72.9 Å². The molecule has 0 spiro atoms. The minimum atomic E-state index is -0.781. The quantitative estimate of drug-likeness (QED) is 0.0261. The van der Waals surface area contributed by atoms with Gasteiger partial charge in [0, 0.05) is 19.3 Å². The highest BCUT2D eigenvalue weighted by Crippen LogP contribution is 2.18. The molecule has 0 aliphatic carbocycles. The fraction of sp³-hybridized carbons (Fsp3) is 0.800. The van der Waals surface area contributed by atoms with Crippen molar-refractivity contribution in [3.63, 3.8) is 0 Å². The SMILES string of the molecule is CC/C=C\C/C=C\C/C=C\C/C=C\CCCCCCCCCCCCCCCCCCCCCCC(=O)OCC(COC(=O)CCCCCCC/C=C\CCCCCCC)OC(=O)CCCCCCC/C=C\CCCCCCCCC. The van der Waals surface area contributed by atoms with Gasteiger partial charge in [0.05, 0.1) is 0 Å². The van der Waals surface area contributed by atoms with Crippen molar-refractivity contribution >= 4 is 17.9 Å².